The zero-order valence-electron chi connectivity index (χ0n) is 13.7. The van der Waals surface area contributed by atoms with Crippen molar-refractivity contribution in [3.05, 3.63) is 53.2 Å². The van der Waals surface area contributed by atoms with E-state index in [1.807, 2.05) is 50.2 Å². The van der Waals surface area contributed by atoms with Gasteiger partial charge in [0.1, 0.15) is 6.10 Å². The molecule has 5 heteroatoms. The van der Waals surface area contributed by atoms with E-state index in [1.54, 1.807) is 4.90 Å². The molecule has 5 nitrogen and oxygen atoms in total. The Kier molecular flexibility index (Phi) is 4.19. The van der Waals surface area contributed by atoms with Gasteiger partial charge in [0.15, 0.2) is 0 Å². The molecule has 3 rings (SSSR count). The van der Waals surface area contributed by atoms with Crippen molar-refractivity contribution in [1.82, 2.24) is 9.88 Å². The molecule has 1 N–H and O–H groups in total. The highest BCUT2D eigenvalue weighted by atomic mass is 16.5. The average molecular weight is 311 g/mol. The normalized spacial score (nSPS) is 14.3. The first-order valence-electron chi connectivity index (χ1n) is 7.75. The second-order valence-corrected chi connectivity index (χ2v) is 5.99. The summed E-state index contributed by atoms with van der Waals surface area (Å²) in [4.78, 5) is 18.2. The molecular formula is C18H21N3O2. The van der Waals surface area contributed by atoms with Crippen LogP contribution in [0.1, 0.15) is 16.8 Å². The zero-order valence-corrected chi connectivity index (χ0v) is 13.7. The molecule has 0 unspecified atom stereocenters. The van der Waals surface area contributed by atoms with Crippen LogP contribution >= 0.6 is 0 Å². The van der Waals surface area contributed by atoms with Crippen LogP contribution in [0, 0.1) is 20.8 Å². The van der Waals surface area contributed by atoms with Crippen molar-refractivity contribution in [2.75, 3.05) is 18.4 Å². The number of rotatable bonds is 3. The van der Waals surface area contributed by atoms with Gasteiger partial charge in [-0.25, -0.2) is 9.78 Å². The van der Waals surface area contributed by atoms with Crippen LogP contribution in [0.3, 0.4) is 0 Å². The van der Waals surface area contributed by atoms with Gasteiger partial charge in [0.2, 0.25) is 5.88 Å². The van der Waals surface area contributed by atoms with E-state index in [1.165, 1.54) is 5.56 Å². The highest BCUT2D eigenvalue weighted by Gasteiger charge is 2.32. The summed E-state index contributed by atoms with van der Waals surface area (Å²) >= 11 is 0. The number of likely N-dealkylation sites (tertiary alicyclic amines) is 1. The predicted molar refractivity (Wildman–Crippen MR) is 89.9 cm³/mol. The summed E-state index contributed by atoms with van der Waals surface area (Å²) in [6, 6.07) is 11.5. The molecule has 1 aromatic carbocycles. The van der Waals surface area contributed by atoms with Gasteiger partial charge < -0.3 is 15.0 Å². The van der Waals surface area contributed by atoms with Crippen molar-refractivity contribution >= 4 is 11.7 Å². The number of anilines is 1. The average Bonchev–Trinajstić information content (AvgIpc) is 2.46. The molecule has 0 bridgehead atoms. The number of hydrogen-bond donors (Lipinski definition) is 1. The summed E-state index contributed by atoms with van der Waals surface area (Å²) in [5.74, 6) is 0.615. The molecule has 2 heterocycles. The number of nitrogens with zero attached hydrogens (tertiary/aromatic N) is 2. The number of ether oxygens (including phenoxy) is 1. The first-order valence-corrected chi connectivity index (χ1v) is 7.75. The van der Waals surface area contributed by atoms with Crippen molar-refractivity contribution < 1.29 is 9.53 Å². The number of amides is 2. The van der Waals surface area contributed by atoms with Gasteiger partial charge in [0.05, 0.1) is 13.1 Å². The highest BCUT2D eigenvalue weighted by molar-refractivity contribution is 5.90. The first kappa shape index (κ1) is 15.3. The van der Waals surface area contributed by atoms with Gasteiger partial charge in [0, 0.05) is 17.4 Å². The van der Waals surface area contributed by atoms with Gasteiger partial charge in [-0.1, -0.05) is 12.1 Å². The third-order valence-corrected chi connectivity index (χ3v) is 4.04. The van der Waals surface area contributed by atoms with Crippen LogP contribution in [0.5, 0.6) is 5.88 Å². The van der Waals surface area contributed by atoms with E-state index in [-0.39, 0.29) is 12.1 Å². The SMILES string of the molecule is Cc1cccc(OC2CN(C(=O)Nc3ccc(C)c(C)c3)C2)n1. The molecule has 120 valence electrons. The molecule has 1 aromatic heterocycles. The number of carbonyl (C=O) groups is 1. The fourth-order valence-corrected chi connectivity index (χ4v) is 2.45. The minimum atomic E-state index is -0.0923. The minimum Gasteiger partial charge on any atom is -0.471 e. The minimum absolute atomic E-state index is 0.00908. The van der Waals surface area contributed by atoms with Crippen LogP contribution < -0.4 is 10.1 Å². The van der Waals surface area contributed by atoms with Crippen LogP contribution in [0.2, 0.25) is 0 Å². The van der Waals surface area contributed by atoms with Crippen molar-refractivity contribution in [3.63, 3.8) is 0 Å². The lowest BCUT2D eigenvalue weighted by Crippen LogP contribution is -2.57. The van der Waals surface area contributed by atoms with Gasteiger partial charge in [-0.15, -0.1) is 0 Å². The predicted octanol–water partition coefficient (Wildman–Crippen LogP) is 3.30. The molecule has 0 spiro atoms. The summed E-state index contributed by atoms with van der Waals surface area (Å²) < 4.78 is 5.76. The van der Waals surface area contributed by atoms with E-state index in [9.17, 15) is 4.79 Å². The van der Waals surface area contributed by atoms with E-state index in [2.05, 4.69) is 17.2 Å². The van der Waals surface area contributed by atoms with Crippen molar-refractivity contribution in [3.8, 4) is 5.88 Å². The van der Waals surface area contributed by atoms with Crippen molar-refractivity contribution in [2.45, 2.75) is 26.9 Å². The fourth-order valence-electron chi connectivity index (χ4n) is 2.45. The number of hydrogen-bond acceptors (Lipinski definition) is 3. The number of urea groups is 1. The molecular weight excluding hydrogens is 290 g/mol. The lowest BCUT2D eigenvalue weighted by atomic mass is 10.1. The smallest absolute Gasteiger partial charge is 0.322 e. The van der Waals surface area contributed by atoms with Crippen LogP contribution in [0.4, 0.5) is 10.5 Å². The maximum absolute atomic E-state index is 12.2. The maximum atomic E-state index is 12.2. The lowest BCUT2D eigenvalue weighted by Gasteiger charge is -2.38. The molecule has 1 aliphatic rings. The van der Waals surface area contributed by atoms with Crippen LogP contribution in [-0.2, 0) is 0 Å². The van der Waals surface area contributed by atoms with Gasteiger partial charge in [-0.05, 0) is 50.1 Å². The molecule has 0 atom stereocenters. The molecule has 1 aliphatic heterocycles. The Hall–Kier alpha value is -2.56. The topological polar surface area (TPSA) is 54.5 Å². The summed E-state index contributed by atoms with van der Waals surface area (Å²) in [5, 5.41) is 2.92. The van der Waals surface area contributed by atoms with Crippen molar-refractivity contribution in [2.24, 2.45) is 0 Å². The number of nitrogens with one attached hydrogen (secondary N) is 1. The highest BCUT2D eigenvalue weighted by Crippen LogP contribution is 2.19. The standard InChI is InChI=1S/C18H21N3O2/c1-12-7-8-15(9-13(12)2)20-18(22)21-10-16(11-21)23-17-6-4-5-14(3)19-17/h4-9,16H,10-11H2,1-3H3,(H,20,22). The van der Waals surface area contributed by atoms with Gasteiger partial charge >= 0.3 is 6.03 Å². The van der Waals surface area contributed by atoms with E-state index in [0.29, 0.717) is 19.0 Å². The Labute approximate surface area is 136 Å². The lowest BCUT2D eigenvalue weighted by molar-refractivity contribution is 0.0460. The van der Waals surface area contributed by atoms with Crippen LogP contribution in [0.15, 0.2) is 36.4 Å². The second kappa shape index (κ2) is 6.28. The van der Waals surface area contributed by atoms with E-state index in [0.717, 1.165) is 16.9 Å². The third kappa shape index (κ3) is 3.62. The molecule has 1 fully saturated rings. The number of pyridine rings is 1. The molecule has 23 heavy (non-hydrogen) atoms. The molecule has 2 amide bonds. The van der Waals surface area contributed by atoms with Crippen molar-refractivity contribution in [1.29, 1.82) is 0 Å². The van der Waals surface area contributed by atoms with Gasteiger partial charge in [0.25, 0.3) is 0 Å². The Balaban J connectivity index is 1.50. The van der Waals surface area contributed by atoms with Gasteiger partial charge in [-0.3, -0.25) is 0 Å². The number of aromatic nitrogens is 1. The molecule has 2 aromatic rings. The number of carbonyl (C=O) groups excluding carboxylic acids is 1. The first-order chi connectivity index (χ1) is 11.0. The van der Waals surface area contributed by atoms with E-state index >= 15 is 0 Å². The Morgan fingerprint density at radius 2 is 1.96 bits per heavy atom. The van der Waals surface area contributed by atoms with Gasteiger partial charge in [-0.2, -0.15) is 0 Å². The monoisotopic (exact) mass is 311 g/mol. The summed E-state index contributed by atoms with van der Waals surface area (Å²) in [7, 11) is 0. The molecule has 0 radical (unpaired) electrons. The fraction of sp³-hybridized carbons (Fsp3) is 0.333. The Morgan fingerprint density at radius 3 is 2.65 bits per heavy atom. The molecule has 0 aliphatic carbocycles. The molecule has 0 saturated carbocycles. The van der Waals surface area contributed by atoms with Crippen LogP contribution in [-0.4, -0.2) is 35.1 Å². The Bertz CT molecular complexity index is 724. The number of benzene rings is 1. The Morgan fingerprint density at radius 1 is 1.17 bits per heavy atom. The maximum Gasteiger partial charge on any atom is 0.322 e. The molecule has 1 saturated heterocycles. The van der Waals surface area contributed by atoms with E-state index < -0.39 is 0 Å². The summed E-state index contributed by atoms with van der Waals surface area (Å²) in [5.41, 5.74) is 4.12. The largest absolute Gasteiger partial charge is 0.471 e. The second-order valence-electron chi connectivity index (χ2n) is 5.99. The third-order valence-electron chi connectivity index (χ3n) is 4.04. The van der Waals surface area contributed by atoms with E-state index in [4.69, 9.17) is 4.74 Å². The number of aryl methyl sites for hydroxylation is 3. The quantitative estimate of drug-likeness (QED) is 0.946. The summed E-state index contributed by atoms with van der Waals surface area (Å²) in [6.07, 6.45) is 0.00908. The van der Waals surface area contributed by atoms with Crippen LogP contribution in [0.25, 0.3) is 0 Å². The summed E-state index contributed by atoms with van der Waals surface area (Å²) in [6.45, 7) is 7.17. The zero-order chi connectivity index (χ0) is 16.4.